The lowest BCUT2D eigenvalue weighted by atomic mass is 10.0. The smallest absolute Gasteiger partial charge is 0.414 e. The Labute approximate surface area is 219 Å². The van der Waals surface area contributed by atoms with Gasteiger partial charge in [-0.15, -0.1) is 0 Å². The largest absolute Gasteiger partial charge is 0.435 e. The minimum absolute atomic E-state index is 0.0509. The van der Waals surface area contributed by atoms with E-state index in [9.17, 15) is 35.2 Å². The predicted octanol–water partition coefficient (Wildman–Crippen LogP) is 3.90. The van der Waals surface area contributed by atoms with Gasteiger partial charge in [0.05, 0.1) is 34.2 Å². The minimum Gasteiger partial charge on any atom is -0.435 e. The molecule has 2 unspecified atom stereocenters. The summed E-state index contributed by atoms with van der Waals surface area (Å²) >= 11 is 0. The molecule has 2 aromatic heterocycles. The molecule has 2 aliphatic heterocycles. The fraction of sp³-hybridized carbons (Fsp3) is 0.458. The number of hydrogen-bond acceptors (Lipinski definition) is 7. The van der Waals surface area contributed by atoms with Crippen molar-refractivity contribution in [1.82, 2.24) is 20.1 Å². The van der Waals surface area contributed by atoms with Crippen LogP contribution in [0.5, 0.6) is 5.75 Å². The number of halogens is 5. The molecule has 1 amide bonds. The third-order valence-electron chi connectivity index (χ3n) is 6.60. The van der Waals surface area contributed by atoms with Gasteiger partial charge in [-0.1, -0.05) is 12.1 Å². The highest BCUT2D eigenvalue weighted by Crippen LogP contribution is 2.38. The van der Waals surface area contributed by atoms with Crippen LogP contribution in [-0.4, -0.2) is 71.6 Å². The number of hydrogen-bond donors (Lipinski definition) is 1. The molecule has 0 spiro atoms. The van der Waals surface area contributed by atoms with E-state index in [4.69, 9.17) is 4.74 Å². The number of benzene rings is 1. The van der Waals surface area contributed by atoms with Crippen molar-refractivity contribution in [2.24, 2.45) is 0 Å². The van der Waals surface area contributed by atoms with Crippen LogP contribution < -0.4 is 10.1 Å². The van der Waals surface area contributed by atoms with E-state index in [-0.39, 0.29) is 52.6 Å². The first-order valence-electron chi connectivity index (χ1n) is 11.9. The quantitative estimate of drug-likeness (QED) is 0.445. The monoisotopic (exact) mass is 574 g/mol. The Balaban J connectivity index is 1.56. The molecule has 2 aliphatic rings. The third kappa shape index (κ3) is 5.69. The molecule has 210 valence electrons. The zero-order chi connectivity index (χ0) is 28.2. The minimum atomic E-state index is -4.59. The summed E-state index contributed by atoms with van der Waals surface area (Å²) < 4.78 is 99.8. The van der Waals surface area contributed by atoms with Crippen LogP contribution >= 0.6 is 0 Å². The second kappa shape index (κ2) is 9.70. The van der Waals surface area contributed by atoms with Crippen LogP contribution in [0.4, 0.5) is 22.0 Å². The second-order valence-corrected chi connectivity index (χ2v) is 12.0. The molecule has 0 aliphatic carbocycles. The van der Waals surface area contributed by atoms with Gasteiger partial charge in [0.15, 0.2) is 15.9 Å². The fourth-order valence-corrected chi connectivity index (χ4v) is 7.01. The first-order chi connectivity index (χ1) is 18.2. The average Bonchev–Trinajstić information content (AvgIpc) is 3.21. The van der Waals surface area contributed by atoms with Crippen molar-refractivity contribution in [1.29, 1.82) is 0 Å². The van der Waals surface area contributed by atoms with Crippen molar-refractivity contribution < 1.29 is 44.6 Å². The lowest BCUT2D eigenvalue weighted by molar-refractivity contribution is -0.234. The number of nitrogens with one attached hydrogen (secondary N) is 1. The van der Waals surface area contributed by atoms with Crippen LogP contribution in [-0.2, 0) is 14.6 Å². The van der Waals surface area contributed by atoms with Gasteiger partial charge >= 0.3 is 12.8 Å². The number of aromatic nitrogens is 3. The first kappa shape index (κ1) is 27.2. The molecule has 0 saturated carbocycles. The van der Waals surface area contributed by atoms with Gasteiger partial charge in [0.2, 0.25) is 0 Å². The Kier molecular flexibility index (Phi) is 6.77. The molecule has 39 heavy (non-hydrogen) atoms. The highest BCUT2D eigenvalue weighted by atomic mass is 32.2. The van der Waals surface area contributed by atoms with Gasteiger partial charge in [0.25, 0.3) is 5.91 Å². The van der Waals surface area contributed by atoms with Gasteiger partial charge in [-0.2, -0.15) is 27.1 Å². The standard InChI is InChI=1S/C24H23F5N4O5S/c1-23(11-39(35,36)12-23)31-21(34)14-8-17-20(30-10-14)19(13-3-2-4-16(7-13)38-22(25)26)32-33(17)15-5-6-37-18(9-15)24(27,28)29/h2-4,7-8,10,15,18,22H,5-6,9,11-12H2,1H3,(H,31,34). The first-order valence-corrected chi connectivity index (χ1v) is 13.7. The number of fused-ring (bicyclic) bond motifs is 1. The number of ether oxygens (including phenoxy) is 2. The highest BCUT2D eigenvalue weighted by Gasteiger charge is 2.46. The van der Waals surface area contributed by atoms with Crippen LogP contribution in [0, 0.1) is 0 Å². The number of amides is 1. The van der Waals surface area contributed by atoms with Crippen molar-refractivity contribution >= 4 is 26.8 Å². The number of nitrogens with zero attached hydrogens (tertiary/aromatic N) is 3. The van der Waals surface area contributed by atoms with Gasteiger partial charge in [-0.05, 0) is 31.5 Å². The fourth-order valence-electron chi connectivity index (χ4n) is 5.01. The summed E-state index contributed by atoms with van der Waals surface area (Å²) in [6, 6.07) is 6.30. The lowest BCUT2D eigenvalue weighted by Gasteiger charge is -2.38. The van der Waals surface area contributed by atoms with Crippen LogP contribution in [0.2, 0.25) is 0 Å². The number of carbonyl (C=O) groups is 1. The van der Waals surface area contributed by atoms with Gasteiger partial charge in [0, 0.05) is 24.8 Å². The number of pyridine rings is 1. The average molecular weight is 575 g/mol. The molecule has 2 atom stereocenters. The molecule has 0 bridgehead atoms. The summed E-state index contributed by atoms with van der Waals surface area (Å²) in [5.41, 5.74) is 0.0967. The Hall–Kier alpha value is -3.33. The van der Waals surface area contributed by atoms with Crippen molar-refractivity contribution in [3.63, 3.8) is 0 Å². The number of carbonyl (C=O) groups excluding carboxylic acids is 1. The number of sulfone groups is 1. The lowest BCUT2D eigenvalue weighted by Crippen LogP contribution is -2.63. The molecule has 2 saturated heterocycles. The van der Waals surface area contributed by atoms with Gasteiger partial charge in [-0.25, -0.2) is 8.42 Å². The van der Waals surface area contributed by atoms with Gasteiger partial charge in [-0.3, -0.25) is 14.5 Å². The zero-order valence-electron chi connectivity index (χ0n) is 20.4. The van der Waals surface area contributed by atoms with Crippen LogP contribution in [0.15, 0.2) is 36.5 Å². The molecule has 5 rings (SSSR count). The van der Waals surface area contributed by atoms with E-state index in [0.717, 1.165) is 0 Å². The topological polar surface area (TPSA) is 112 Å². The Morgan fingerprint density at radius 3 is 2.67 bits per heavy atom. The van der Waals surface area contributed by atoms with E-state index in [1.807, 2.05) is 0 Å². The normalized spacial score (nSPS) is 22.4. The second-order valence-electron chi connectivity index (χ2n) is 9.92. The molecular weight excluding hydrogens is 551 g/mol. The Morgan fingerprint density at radius 2 is 2.00 bits per heavy atom. The molecular formula is C24H23F5N4O5S. The zero-order valence-corrected chi connectivity index (χ0v) is 21.2. The van der Waals surface area contributed by atoms with Crippen molar-refractivity contribution in [2.75, 3.05) is 18.1 Å². The maximum absolute atomic E-state index is 13.4. The van der Waals surface area contributed by atoms with E-state index in [0.29, 0.717) is 5.56 Å². The molecule has 2 fully saturated rings. The molecule has 15 heteroatoms. The summed E-state index contributed by atoms with van der Waals surface area (Å²) in [5, 5.41) is 7.19. The predicted molar refractivity (Wildman–Crippen MR) is 128 cm³/mol. The van der Waals surface area contributed by atoms with Gasteiger partial charge in [0.1, 0.15) is 17.0 Å². The summed E-state index contributed by atoms with van der Waals surface area (Å²) in [7, 11) is -3.23. The summed E-state index contributed by atoms with van der Waals surface area (Å²) in [6.45, 7) is -1.65. The number of alkyl halides is 5. The van der Waals surface area contributed by atoms with Crippen molar-refractivity contribution in [3.05, 3.63) is 42.1 Å². The highest BCUT2D eigenvalue weighted by molar-refractivity contribution is 7.93. The third-order valence-corrected chi connectivity index (χ3v) is 8.75. The summed E-state index contributed by atoms with van der Waals surface area (Å²) in [5.74, 6) is -1.19. The molecule has 0 radical (unpaired) electrons. The van der Waals surface area contributed by atoms with E-state index >= 15 is 0 Å². The Morgan fingerprint density at radius 1 is 1.26 bits per heavy atom. The van der Waals surface area contributed by atoms with E-state index in [1.165, 1.54) is 35.1 Å². The maximum Gasteiger partial charge on any atom is 0.414 e. The summed E-state index contributed by atoms with van der Waals surface area (Å²) in [4.78, 5) is 17.3. The van der Waals surface area contributed by atoms with Crippen molar-refractivity contribution in [3.8, 4) is 17.0 Å². The molecule has 1 N–H and O–H groups in total. The van der Waals surface area contributed by atoms with Crippen LogP contribution in [0.3, 0.4) is 0 Å². The molecule has 9 nitrogen and oxygen atoms in total. The molecule has 1 aromatic carbocycles. The van der Waals surface area contributed by atoms with Crippen LogP contribution in [0.1, 0.15) is 36.2 Å². The van der Waals surface area contributed by atoms with E-state index < -0.39 is 52.6 Å². The molecule has 4 heterocycles. The molecule has 3 aromatic rings. The maximum atomic E-state index is 13.4. The summed E-state index contributed by atoms with van der Waals surface area (Å²) in [6.07, 6.45) is -5.59. The number of rotatable bonds is 6. The van der Waals surface area contributed by atoms with E-state index in [2.05, 4.69) is 20.1 Å². The van der Waals surface area contributed by atoms with Crippen molar-refractivity contribution in [2.45, 2.75) is 50.2 Å². The van der Waals surface area contributed by atoms with E-state index in [1.54, 1.807) is 13.0 Å². The Bertz CT molecular complexity index is 1510. The van der Waals surface area contributed by atoms with Crippen LogP contribution in [0.25, 0.3) is 22.3 Å². The SMILES string of the molecule is CC1(NC(=O)c2cnc3c(-c4cccc(OC(F)F)c4)nn(C4CCOC(C(F)(F)F)C4)c3c2)CS(=O)(=O)C1. The van der Waals surface area contributed by atoms with Gasteiger partial charge < -0.3 is 14.8 Å².